The highest BCUT2D eigenvalue weighted by Crippen LogP contribution is 2.39. The third-order valence-corrected chi connectivity index (χ3v) is 5.66. The molecule has 5 heteroatoms. The van der Waals surface area contributed by atoms with Crippen molar-refractivity contribution in [1.82, 2.24) is 4.90 Å². The standard InChI is InChI=1S/C14H21BrN2OS/c1-2-17(9-11-5-6-12(15)19-11)13(18)14(10-16)7-3-4-8-14/h5-6H,2-4,7-10,16H2,1H3. The van der Waals surface area contributed by atoms with Crippen LogP contribution in [-0.2, 0) is 11.3 Å². The van der Waals surface area contributed by atoms with Crippen molar-refractivity contribution in [2.75, 3.05) is 13.1 Å². The van der Waals surface area contributed by atoms with Gasteiger partial charge in [-0.05, 0) is 47.8 Å². The van der Waals surface area contributed by atoms with E-state index in [0.29, 0.717) is 13.1 Å². The van der Waals surface area contributed by atoms with Crippen LogP contribution in [0.4, 0.5) is 0 Å². The lowest BCUT2D eigenvalue weighted by Gasteiger charge is -2.32. The van der Waals surface area contributed by atoms with Crippen LogP contribution in [0, 0.1) is 5.41 Å². The van der Waals surface area contributed by atoms with E-state index in [1.54, 1.807) is 11.3 Å². The topological polar surface area (TPSA) is 46.3 Å². The van der Waals surface area contributed by atoms with Gasteiger partial charge in [0.05, 0.1) is 15.7 Å². The number of nitrogens with two attached hydrogens (primary N) is 1. The van der Waals surface area contributed by atoms with E-state index in [1.807, 2.05) is 17.9 Å². The van der Waals surface area contributed by atoms with Crippen molar-refractivity contribution in [1.29, 1.82) is 0 Å². The number of rotatable bonds is 5. The third-order valence-electron chi connectivity index (χ3n) is 4.05. The molecule has 1 saturated carbocycles. The van der Waals surface area contributed by atoms with Crippen LogP contribution in [0.5, 0.6) is 0 Å². The van der Waals surface area contributed by atoms with Gasteiger partial charge in [0.1, 0.15) is 0 Å². The summed E-state index contributed by atoms with van der Waals surface area (Å²) < 4.78 is 1.11. The summed E-state index contributed by atoms with van der Waals surface area (Å²) in [7, 11) is 0. The molecule has 0 saturated heterocycles. The van der Waals surface area contributed by atoms with Gasteiger partial charge in [-0.25, -0.2) is 0 Å². The summed E-state index contributed by atoms with van der Waals surface area (Å²) in [5.74, 6) is 0.250. The first-order chi connectivity index (χ1) is 9.11. The summed E-state index contributed by atoms with van der Waals surface area (Å²) in [6, 6.07) is 4.11. The predicted molar refractivity (Wildman–Crippen MR) is 83.1 cm³/mol. The number of nitrogens with zero attached hydrogens (tertiary/aromatic N) is 1. The van der Waals surface area contributed by atoms with Crippen molar-refractivity contribution in [2.24, 2.45) is 11.1 Å². The first kappa shape index (κ1) is 15.0. The van der Waals surface area contributed by atoms with Gasteiger partial charge < -0.3 is 10.6 Å². The highest BCUT2D eigenvalue weighted by molar-refractivity contribution is 9.11. The first-order valence-electron chi connectivity index (χ1n) is 6.85. The molecule has 0 unspecified atom stereocenters. The van der Waals surface area contributed by atoms with Gasteiger partial charge in [-0.2, -0.15) is 0 Å². The van der Waals surface area contributed by atoms with Gasteiger partial charge in [-0.15, -0.1) is 11.3 Å². The normalized spacial score (nSPS) is 17.6. The van der Waals surface area contributed by atoms with Crippen molar-refractivity contribution in [3.63, 3.8) is 0 Å². The summed E-state index contributed by atoms with van der Waals surface area (Å²) in [5, 5.41) is 0. The van der Waals surface area contributed by atoms with Gasteiger partial charge >= 0.3 is 0 Å². The first-order valence-corrected chi connectivity index (χ1v) is 8.46. The lowest BCUT2D eigenvalue weighted by molar-refractivity contribution is -0.141. The number of hydrogen-bond donors (Lipinski definition) is 1. The Morgan fingerprint density at radius 2 is 2.16 bits per heavy atom. The van der Waals surface area contributed by atoms with Crippen LogP contribution in [0.25, 0.3) is 0 Å². The second-order valence-electron chi connectivity index (χ2n) is 5.22. The van der Waals surface area contributed by atoms with Crippen LogP contribution < -0.4 is 5.73 Å². The van der Waals surface area contributed by atoms with Gasteiger partial charge in [0.25, 0.3) is 0 Å². The molecular formula is C14H21BrN2OS. The molecule has 1 aliphatic carbocycles. The van der Waals surface area contributed by atoms with Gasteiger partial charge in [0.2, 0.25) is 5.91 Å². The number of hydrogen-bond acceptors (Lipinski definition) is 3. The number of carbonyl (C=O) groups is 1. The monoisotopic (exact) mass is 344 g/mol. The number of halogens is 1. The Bertz CT molecular complexity index is 440. The second kappa shape index (κ2) is 6.37. The molecule has 1 aliphatic rings. The summed E-state index contributed by atoms with van der Waals surface area (Å²) in [5.41, 5.74) is 5.62. The molecular weight excluding hydrogens is 324 g/mol. The molecule has 3 nitrogen and oxygen atoms in total. The van der Waals surface area contributed by atoms with Crippen molar-refractivity contribution in [3.8, 4) is 0 Å². The molecule has 0 radical (unpaired) electrons. The molecule has 0 bridgehead atoms. The van der Waals surface area contributed by atoms with Gasteiger partial charge in [-0.3, -0.25) is 4.79 Å². The maximum atomic E-state index is 12.8. The minimum Gasteiger partial charge on any atom is -0.337 e. The van der Waals surface area contributed by atoms with E-state index >= 15 is 0 Å². The number of carbonyl (C=O) groups excluding carboxylic acids is 1. The average Bonchev–Trinajstić information content (AvgIpc) is 3.05. The zero-order valence-corrected chi connectivity index (χ0v) is 13.7. The molecule has 0 aliphatic heterocycles. The number of amides is 1. The smallest absolute Gasteiger partial charge is 0.230 e. The molecule has 0 aromatic carbocycles. The number of thiophene rings is 1. The fraction of sp³-hybridized carbons (Fsp3) is 0.643. The summed E-state index contributed by atoms with van der Waals surface area (Å²) in [6.07, 6.45) is 4.16. The molecule has 1 amide bonds. The Balaban J connectivity index is 2.10. The Morgan fingerprint density at radius 3 is 2.63 bits per heavy atom. The Hall–Kier alpha value is -0.390. The molecule has 106 valence electrons. The van der Waals surface area contributed by atoms with Gasteiger partial charge in [0, 0.05) is 18.0 Å². The SMILES string of the molecule is CCN(Cc1ccc(Br)s1)C(=O)C1(CN)CCCC1. The summed E-state index contributed by atoms with van der Waals surface area (Å²) in [6.45, 7) is 3.97. The van der Waals surface area contributed by atoms with Crippen LogP contribution in [-0.4, -0.2) is 23.9 Å². The molecule has 2 N–H and O–H groups in total. The highest BCUT2D eigenvalue weighted by atomic mass is 79.9. The summed E-state index contributed by atoms with van der Waals surface area (Å²) in [4.78, 5) is 15.9. The predicted octanol–water partition coefficient (Wildman–Crippen LogP) is 3.38. The zero-order valence-electron chi connectivity index (χ0n) is 11.3. The van der Waals surface area contributed by atoms with E-state index in [-0.39, 0.29) is 11.3 Å². The molecule has 1 aromatic rings. The molecule has 1 fully saturated rings. The lowest BCUT2D eigenvalue weighted by atomic mass is 9.84. The third kappa shape index (κ3) is 3.20. The van der Waals surface area contributed by atoms with E-state index in [2.05, 4.69) is 22.0 Å². The van der Waals surface area contributed by atoms with Crippen molar-refractivity contribution >= 4 is 33.2 Å². The fourth-order valence-corrected chi connectivity index (χ4v) is 4.34. The minimum absolute atomic E-state index is 0.250. The van der Waals surface area contributed by atoms with Gasteiger partial charge in [-0.1, -0.05) is 12.8 Å². The maximum absolute atomic E-state index is 12.8. The zero-order chi connectivity index (χ0) is 13.9. The Kier molecular flexibility index (Phi) is 5.03. The van der Waals surface area contributed by atoms with Crippen LogP contribution in [0.3, 0.4) is 0 Å². The largest absolute Gasteiger partial charge is 0.337 e. The second-order valence-corrected chi connectivity index (χ2v) is 7.76. The van der Waals surface area contributed by atoms with Crippen LogP contribution in [0.2, 0.25) is 0 Å². The Labute approximate surface area is 127 Å². The lowest BCUT2D eigenvalue weighted by Crippen LogP contribution is -2.46. The average molecular weight is 345 g/mol. The van der Waals surface area contributed by atoms with E-state index < -0.39 is 0 Å². The van der Waals surface area contributed by atoms with E-state index in [1.165, 1.54) is 4.88 Å². The van der Waals surface area contributed by atoms with E-state index in [4.69, 9.17) is 5.73 Å². The molecule has 1 heterocycles. The maximum Gasteiger partial charge on any atom is 0.230 e. The molecule has 2 rings (SSSR count). The quantitative estimate of drug-likeness (QED) is 0.889. The molecule has 0 spiro atoms. The minimum atomic E-state index is -0.287. The van der Waals surface area contributed by atoms with Crippen molar-refractivity contribution in [2.45, 2.75) is 39.2 Å². The molecule has 19 heavy (non-hydrogen) atoms. The van der Waals surface area contributed by atoms with E-state index in [9.17, 15) is 4.79 Å². The fourth-order valence-electron chi connectivity index (χ4n) is 2.84. The molecule has 1 aromatic heterocycles. The van der Waals surface area contributed by atoms with Crippen molar-refractivity contribution in [3.05, 3.63) is 20.8 Å². The highest BCUT2D eigenvalue weighted by Gasteiger charge is 2.41. The Morgan fingerprint density at radius 1 is 1.47 bits per heavy atom. The summed E-state index contributed by atoms with van der Waals surface area (Å²) >= 11 is 5.16. The van der Waals surface area contributed by atoms with Crippen LogP contribution >= 0.6 is 27.3 Å². The van der Waals surface area contributed by atoms with Crippen molar-refractivity contribution < 1.29 is 4.79 Å². The van der Waals surface area contributed by atoms with Crippen LogP contribution in [0.15, 0.2) is 15.9 Å². The van der Waals surface area contributed by atoms with Crippen LogP contribution in [0.1, 0.15) is 37.5 Å². The van der Waals surface area contributed by atoms with Gasteiger partial charge in [0.15, 0.2) is 0 Å². The molecule has 0 atom stereocenters. The van der Waals surface area contributed by atoms with E-state index in [0.717, 1.165) is 36.0 Å².